The summed E-state index contributed by atoms with van der Waals surface area (Å²) in [4.78, 5) is 12.2. The van der Waals surface area contributed by atoms with Crippen LogP contribution in [-0.4, -0.2) is 28.5 Å². The molecule has 0 saturated carbocycles. The van der Waals surface area contributed by atoms with Gasteiger partial charge in [-0.3, -0.25) is 4.79 Å². The molecule has 140 valence electrons. The summed E-state index contributed by atoms with van der Waals surface area (Å²) < 4.78 is 32.8. The number of ether oxygens (including phenoxy) is 2. The van der Waals surface area contributed by atoms with Crippen molar-refractivity contribution >= 4 is 27.7 Å². The maximum atomic E-state index is 12.3. The molecule has 0 unspecified atom stereocenters. The molecule has 0 bridgehead atoms. The standard InChI is InChI=1S/C18H17N3O5S/c1-25-15-8-12(9-16(10-15)26-2)7-13(11-19)18(22)21-14-3-5-17(6-4-14)27(20,23)24/h3-10H,1-2H3,(H,21,22)(H2,20,23,24)/b13-7+. The molecular weight excluding hydrogens is 370 g/mol. The van der Waals surface area contributed by atoms with Gasteiger partial charge in [-0.15, -0.1) is 0 Å². The highest BCUT2D eigenvalue weighted by molar-refractivity contribution is 7.89. The van der Waals surface area contributed by atoms with E-state index in [-0.39, 0.29) is 10.5 Å². The highest BCUT2D eigenvalue weighted by Gasteiger charge is 2.12. The van der Waals surface area contributed by atoms with Gasteiger partial charge in [0.2, 0.25) is 10.0 Å². The molecule has 0 atom stereocenters. The van der Waals surface area contributed by atoms with Gasteiger partial charge in [0.1, 0.15) is 23.1 Å². The number of sulfonamides is 1. The number of methoxy groups -OCH3 is 2. The molecule has 2 aromatic carbocycles. The molecule has 1 amide bonds. The van der Waals surface area contributed by atoms with Crippen molar-refractivity contribution in [3.63, 3.8) is 0 Å². The molecule has 27 heavy (non-hydrogen) atoms. The summed E-state index contributed by atoms with van der Waals surface area (Å²) in [5, 5.41) is 16.8. The minimum absolute atomic E-state index is 0.0833. The van der Waals surface area contributed by atoms with Crippen LogP contribution in [0.2, 0.25) is 0 Å². The number of primary sulfonamides is 1. The number of hydrogen-bond acceptors (Lipinski definition) is 6. The van der Waals surface area contributed by atoms with Gasteiger partial charge in [-0.2, -0.15) is 5.26 Å². The van der Waals surface area contributed by atoms with E-state index < -0.39 is 15.9 Å². The molecule has 0 aliphatic rings. The third kappa shape index (κ3) is 5.31. The summed E-state index contributed by atoms with van der Waals surface area (Å²) in [5.41, 5.74) is 0.708. The molecule has 8 nitrogen and oxygen atoms in total. The van der Waals surface area contributed by atoms with Crippen molar-refractivity contribution < 1.29 is 22.7 Å². The van der Waals surface area contributed by atoms with Crippen LogP contribution in [0.25, 0.3) is 6.08 Å². The molecule has 9 heteroatoms. The number of anilines is 1. The highest BCUT2D eigenvalue weighted by atomic mass is 32.2. The molecule has 0 aromatic heterocycles. The molecular formula is C18H17N3O5S. The smallest absolute Gasteiger partial charge is 0.266 e. The first-order valence-electron chi connectivity index (χ1n) is 7.56. The van der Waals surface area contributed by atoms with Gasteiger partial charge in [0.05, 0.1) is 19.1 Å². The van der Waals surface area contributed by atoms with E-state index in [9.17, 15) is 18.5 Å². The molecule has 0 aliphatic carbocycles. The molecule has 2 aromatic rings. The lowest BCUT2D eigenvalue weighted by Gasteiger charge is -2.07. The Kier molecular flexibility index (Phi) is 6.18. The zero-order chi connectivity index (χ0) is 20.0. The number of benzene rings is 2. The number of rotatable bonds is 6. The van der Waals surface area contributed by atoms with Gasteiger partial charge in [-0.05, 0) is 48.0 Å². The second kappa shape index (κ2) is 8.35. The normalized spacial score (nSPS) is 11.4. The third-order valence-electron chi connectivity index (χ3n) is 3.49. The monoisotopic (exact) mass is 387 g/mol. The minimum Gasteiger partial charge on any atom is -0.497 e. The van der Waals surface area contributed by atoms with Crippen molar-refractivity contribution in [1.82, 2.24) is 0 Å². The quantitative estimate of drug-likeness (QED) is 0.575. The van der Waals surface area contributed by atoms with Crippen LogP contribution in [0.1, 0.15) is 5.56 Å². The summed E-state index contributed by atoms with van der Waals surface area (Å²) >= 11 is 0. The number of carbonyl (C=O) groups excluding carboxylic acids is 1. The first kappa shape index (κ1) is 20.0. The van der Waals surface area contributed by atoms with Crippen LogP contribution in [0.15, 0.2) is 52.9 Å². The number of amides is 1. The Bertz CT molecular complexity index is 1000. The van der Waals surface area contributed by atoms with E-state index >= 15 is 0 Å². The van der Waals surface area contributed by atoms with Gasteiger partial charge >= 0.3 is 0 Å². The van der Waals surface area contributed by atoms with Crippen molar-refractivity contribution in [1.29, 1.82) is 5.26 Å². The van der Waals surface area contributed by atoms with Gasteiger partial charge in [0.15, 0.2) is 0 Å². The molecule has 3 N–H and O–H groups in total. The molecule has 0 saturated heterocycles. The van der Waals surface area contributed by atoms with Gasteiger partial charge in [-0.25, -0.2) is 13.6 Å². The number of carbonyl (C=O) groups is 1. The topological polar surface area (TPSA) is 132 Å². The number of nitrogens with one attached hydrogen (secondary N) is 1. The number of nitrogens with two attached hydrogens (primary N) is 1. The number of hydrogen-bond donors (Lipinski definition) is 2. The van der Waals surface area contributed by atoms with E-state index in [4.69, 9.17) is 14.6 Å². The Hall–Kier alpha value is -3.35. The fourth-order valence-corrected chi connectivity index (χ4v) is 2.67. The summed E-state index contributed by atoms with van der Waals surface area (Å²) in [7, 11) is -0.840. The number of nitriles is 1. The summed E-state index contributed by atoms with van der Waals surface area (Å²) in [6, 6.07) is 12.1. The van der Waals surface area contributed by atoms with E-state index in [1.165, 1.54) is 44.6 Å². The van der Waals surface area contributed by atoms with Gasteiger partial charge in [0, 0.05) is 11.8 Å². The third-order valence-corrected chi connectivity index (χ3v) is 4.42. The maximum Gasteiger partial charge on any atom is 0.266 e. The lowest BCUT2D eigenvalue weighted by Crippen LogP contribution is -2.14. The molecule has 0 fully saturated rings. The second-order valence-electron chi connectivity index (χ2n) is 5.34. The molecule has 2 rings (SSSR count). The van der Waals surface area contributed by atoms with E-state index in [1.807, 2.05) is 6.07 Å². The highest BCUT2D eigenvalue weighted by Crippen LogP contribution is 2.24. The van der Waals surface area contributed by atoms with Gasteiger partial charge in [0.25, 0.3) is 5.91 Å². The minimum atomic E-state index is -3.82. The van der Waals surface area contributed by atoms with E-state index in [1.54, 1.807) is 18.2 Å². The lowest BCUT2D eigenvalue weighted by molar-refractivity contribution is -0.112. The fraction of sp³-hybridized carbons (Fsp3) is 0.111. The van der Waals surface area contributed by atoms with Crippen LogP contribution in [-0.2, 0) is 14.8 Å². The second-order valence-corrected chi connectivity index (χ2v) is 6.90. The summed E-state index contributed by atoms with van der Waals surface area (Å²) in [5.74, 6) is 0.372. The van der Waals surface area contributed by atoms with E-state index in [0.717, 1.165) is 0 Å². The van der Waals surface area contributed by atoms with E-state index in [2.05, 4.69) is 5.32 Å². The predicted octanol–water partition coefficient (Wildman–Crippen LogP) is 1.90. The Labute approximate surface area is 156 Å². The van der Waals surface area contributed by atoms with Crippen LogP contribution in [0.3, 0.4) is 0 Å². The van der Waals surface area contributed by atoms with Crippen molar-refractivity contribution in [2.24, 2.45) is 5.14 Å². The Morgan fingerprint density at radius 2 is 1.67 bits per heavy atom. The first-order valence-corrected chi connectivity index (χ1v) is 9.10. The summed E-state index contributed by atoms with van der Waals surface area (Å²) in [6.07, 6.45) is 1.39. The zero-order valence-corrected chi connectivity index (χ0v) is 15.4. The lowest BCUT2D eigenvalue weighted by atomic mass is 10.1. The fourth-order valence-electron chi connectivity index (χ4n) is 2.15. The van der Waals surface area contributed by atoms with E-state index in [0.29, 0.717) is 22.7 Å². The first-order chi connectivity index (χ1) is 12.8. The number of nitrogens with zero attached hydrogens (tertiary/aromatic N) is 1. The van der Waals surface area contributed by atoms with Crippen molar-refractivity contribution in [3.8, 4) is 17.6 Å². The average molecular weight is 387 g/mol. The molecule has 0 radical (unpaired) electrons. The predicted molar refractivity (Wildman–Crippen MR) is 99.6 cm³/mol. The summed E-state index contributed by atoms with van der Waals surface area (Å²) in [6.45, 7) is 0. The molecule has 0 aliphatic heterocycles. The average Bonchev–Trinajstić information content (AvgIpc) is 2.65. The van der Waals surface area contributed by atoms with Gasteiger partial charge in [-0.1, -0.05) is 0 Å². The molecule has 0 spiro atoms. The van der Waals surface area contributed by atoms with Crippen LogP contribution in [0, 0.1) is 11.3 Å². The van der Waals surface area contributed by atoms with Crippen LogP contribution >= 0.6 is 0 Å². The van der Waals surface area contributed by atoms with Crippen molar-refractivity contribution in [2.45, 2.75) is 4.90 Å². The Balaban J connectivity index is 2.26. The van der Waals surface area contributed by atoms with Crippen molar-refractivity contribution in [2.75, 3.05) is 19.5 Å². The largest absolute Gasteiger partial charge is 0.497 e. The zero-order valence-electron chi connectivity index (χ0n) is 14.6. The van der Waals surface area contributed by atoms with Crippen LogP contribution in [0.4, 0.5) is 5.69 Å². The maximum absolute atomic E-state index is 12.3. The SMILES string of the molecule is COc1cc(/C=C(\C#N)C(=O)Nc2ccc(S(N)(=O)=O)cc2)cc(OC)c1. The Morgan fingerprint density at radius 3 is 2.11 bits per heavy atom. The van der Waals surface area contributed by atoms with Crippen LogP contribution < -0.4 is 19.9 Å². The van der Waals surface area contributed by atoms with Crippen molar-refractivity contribution in [3.05, 3.63) is 53.6 Å². The molecule has 0 heterocycles. The Morgan fingerprint density at radius 1 is 1.11 bits per heavy atom. The van der Waals surface area contributed by atoms with Crippen LogP contribution in [0.5, 0.6) is 11.5 Å². The van der Waals surface area contributed by atoms with Gasteiger partial charge < -0.3 is 14.8 Å².